The van der Waals surface area contributed by atoms with Crippen molar-refractivity contribution in [2.45, 2.75) is 18.6 Å². The molecule has 2 aliphatic rings. The van der Waals surface area contributed by atoms with Crippen molar-refractivity contribution in [3.8, 4) is 0 Å². The van der Waals surface area contributed by atoms with Gasteiger partial charge in [0.15, 0.2) is 0 Å². The number of piperazine rings is 1. The van der Waals surface area contributed by atoms with Crippen LogP contribution in [0.15, 0.2) is 0 Å². The molecule has 0 aromatic rings. The summed E-state index contributed by atoms with van der Waals surface area (Å²) in [6.45, 7) is 5.53. The number of nitrogens with zero attached hydrogens (tertiary/aromatic N) is 1. The van der Waals surface area contributed by atoms with Gasteiger partial charge in [0.2, 0.25) is 0 Å². The highest BCUT2D eigenvalue weighted by Gasteiger charge is 2.34. The van der Waals surface area contributed by atoms with Gasteiger partial charge in [-0.2, -0.15) is 0 Å². The molecule has 0 bridgehead atoms. The van der Waals surface area contributed by atoms with Gasteiger partial charge in [0.05, 0.1) is 6.10 Å². The van der Waals surface area contributed by atoms with E-state index in [1.54, 1.807) is 0 Å². The Morgan fingerprint density at radius 1 is 1.20 bits per heavy atom. The van der Waals surface area contributed by atoms with Gasteiger partial charge < -0.3 is 20.3 Å². The summed E-state index contributed by atoms with van der Waals surface area (Å²) >= 11 is 0. The molecule has 2 saturated heterocycles. The predicted octanol–water partition coefficient (Wildman–Crippen LogP) is -0.485. The van der Waals surface area contributed by atoms with Crippen LogP contribution in [0.25, 0.3) is 0 Å². The van der Waals surface area contributed by atoms with Crippen LogP contribution in [0, 0.1) is 5.92 Å². The third kappa shape index (κ3) is 2.50. The van der Waals surface area contributed by atoms with E-state index in [0.717, 1.165) is 32.7 Å². The molecule has 2 fully saturated rings. The number of piperidine rings is 1. The zero-order valence-electron chi connectivity index (χ0n) is 9.83. The molecule has 0 saturated carbocycles. The van der Waals surface area contributed by atoms with Crippen molar-refractivity contribution in [2.75, 3.05) is 46.9 Å². The Labute approximate surface area is 92.4 Å². The number of likely N-dealkylation sites (N-methyl/N-ethyl adjacent to an activating group) is 1. The molecule has 3 atom stereocenters. The topological polar surface area (TPSA) is 36.5 Å². The Hall–Kier alpha value is -0.160. The Bertz CT molecular complexity index is 200. The van der Waals surface area contributed by atoms with Crippen molar-refractivity contribution >= 4 is 0 Å². The first-order valence-electron chi connectivity index (χ1n) is 5.97. The number of methoxy groups -OCH3 is 1. The fourth-order valence-corrected chi connectivity index (χ4v) is 2.85. The van der Waals surface area contributed by atoms with Crippen molar-refractivity contribution in [1.29, 1.82) is 0 Å². The number of nitrogens with one attached hydrogen (secondary N) is 2. The van der Waals surface area contributed by atoms with Gasteiger partial charge in [-0.3, -0.25) is 0 Å². The molecular weight excluding hydrogens is 190 g/mol. The molecule has 0 aromatic carbocycles. The van der Waals surface area contributed by atoms with Crippen molar-refractivity contribution in [2.24, 2.45) is 5.92 Å². The third-order valence-electron chi connectivity index (χ3n) is 3.84. The van der Waals surface area contributed by atoms with Crippen LogP contribution in [0.2, 0.25) is 0 Å². The maximum absolute atomic E-state index is 5.59. The summed E-state index contributed by atoms with van der Waals surface area (Å²) in [6, 6.07) is 0.644. The molecule has 4 nitrogen and oxygen atoms in total. The summed E-state index contributed by atoms with van der Waals surface area (Å²) in [5.74, 6) is 0.675. The van der Waals surface area contributed by atoms with E-state index in [1.165, 1.54) is 6.42 Å². The monoisotopic (exact) mass is 213 g/mol. The van der Waals surface area contributed by atoms with E-state index in [9.17, 15) is 0 Å². The van der Waals surface area contributed by atoms with Crippen LogP contribution >= 0.6 is 0 Å². The van der Waals surface area contributed by atoms with Gasteiger partial charge in [-0.1, -0.05) is 0 Å². The molecule has 2 aliphatic heterocycles. The zero-order chi connectivity index (χ0) is 10.7. The lowest BCUT2D eigenvalue weighted by Crippen LogP contribution is -2.58. The lowest BCUT2D eigenvalue weighted by atomic mass is 9.86. The lowest BCUT2D eigenvalue weighted by molar-refractivity contribution is -0.0110. The van der Waals surface area contributed by atoms with Gasteiger partial charge >= 0.3 is 0 Å². The minimum Gasteiger partial charge on any atom is -0.380 e. The lowest BCUT2D eigenvalue weighted by Gasteiger charge is -2.43. The standard InChI is InChI=1S/C11H23N3O/c1-14-6-5-13-7-10(14)9-3-4-12-8-11(9)15-2/h9-13H,3-8H2,1-2H3. The van der Waals surface area contributed by atoms with E-state index >= 15 is 0 Å². The molecule has 0 aromatic heterocycles. The average Bonchev–Trinajstić information content (AvgIpc) is 2.30. The summed E-state index contributed by atoms with van der Waals surface area (Å²) in [4.78, 5) is 2.48. The Morgan fingerprint density at radius 3 is 2.73 bits per heavy atom. The summed E-state index contributed by atoms with van der Waals surface area (Å²) in [5, 5.41) is 6.90. The van der Waals surface area contributed by atoms with E-state index in [1.807, 2.05) is 7.11 Å². The zero-order valence-corrected chi connectivity index (χ0v) is 9.83. The van der Waals surface area contributed by atoms with E-state index in [0.29, 0.717) is 18.1 Å². The van der Waals surface area contributed by atoms with Crippen LogP contribution in [-0.4, -0.2) is 63.9 Å². The molecule has 4 heteroatoms. The van der Waals surface area contributed by atoms with Gasteiger partial charge in [-0.25, -0.2) is 0 Å². The van der Waals surface area contributed by atoms with Gasteiger partial charge in [-0.15, -0.1) is 0 Å². The van der Waals surface area contributed by atoms with Crippen molar-refractivity contribution < 1.29 is 4.74 Å². The number of hydrogen-bond donors (Lipinski definition) is 2. The van der Waals surface area contributed by atoms with Gasteiger partial charge in [0.25, 0.3) is 0 Å². The van der Waals surface area contributed by atoms with E-state index in [2.05, 4.69) is 22.6 Å². The Morgan fingerprint density at radius 2 is 2.00 bits per heavy atom. The second-order valence-corrected chi connectivity index (χ2v) is 4.68. The first kappa shape index (κ1) is 11.3. The molecule has 15 heavy (non-hydrogen) atoms. The Kier molecular flexibility index (Phi) is 3.97. The third-order valence-corrected chi connectivity index (χ3v) is 3.84. The first-order chi connectivity index (χ1) is 7.33. The molecule has 88 valence electrons. The van der Waals surface area contributed by atoms with Gasteiger partial charge in [0, 0.05) is 45.2 Å². The largest absolute Gasteiger partial charge is 0.380 e. The summed E-state index contributed by atoms with van der Waals surface area (Å²) in [6.07, 6.45) is 1.61. The van der Waals surface area contributed by atoms with Crippen molar-refractivity contribution in [3.05, 3.63) is 0 Å². The van der Waals surface area contributed by atoms with Crippen LogP contribution in [-0.2, 0) is 4.74 Å². The molecule has 2 rings (SSSR count). The number of ether oxygens (including phenoxy) is 1. The molecule has 0 spiro atoms. The first-order valence-corrected chi connectivity index (χ1v) is 5.97. The molecule has 0 radical (unpaired) electrons. The van der Waals surface area contributed by atoms with Crippen molar-refractivity contribution in [3.63, 3.8) is 0 Å². The second-order valence-electron chi connectivity index (χ2n) is 4.68. The van der Waals surface area contributed by atoms with Crippen LogP contribution in [0.5, 0.6) is 0 Å². The number of hydrogen-bond acceptors (Lipinski definition) is 4. The number of rotatable bonds is 2. The highest BCUT2D eigenvalue weighted by Crippen LogP contribution is 2.23. The summed E-state index contributed by atoms with van der Waals surface area (Å²) in [5.41, 5.74) is 0. The minimum atomic E-state index is 0.381. The maximum atomic E-state index is 5.59. The van der Waals surface area contributed by atoms with Gasteiger partial charge in [0.1, 0.15) is 0 Å². The second kappa shape index (κ2) is 5.25. The fourth-order valence-electron chi connectivity index (χ4n) is 2.85. The quantitative estimate of drug-likeness (QED) is 0.649. The van der Waals surface area contributed by atoms with Crippen LogP contribution in [0.3, 0.4) is 0 Å². The average molecular weight is 213 g/mol. The highest BCUT2D eigenvalue weighted by atomic mass is 16.5. The van der Waals surface area contributed by atoms with E-state index in [4.69, 9.17) is 4.74 Å². The highest BCUT2D eigenvalue weighted by molar-refractivity contribution is 4.91. The van der Waals surface area contributed by atoms with Gasteiger partial charge in [-0.05, 0) is 20.0 Å². The normalized spacial score (nSPS) is 39.2. The maximum Gasteiger partial charge on any atom is 0.0739 e. The molecule has 0 amide bonds. The predicted molar refractivity (Wildman–Crippen MR) is 61.1 cm³/mol. The van der Waals surface area contributed by atoms with Crippen LogP contribution in [0.1, 0.15) is 6.42 Å². The van der Waals surface area contributed by atoms with E-state index in [-0.39, 0.29) is 0 Å². The Balaban J connectivity index is 1.99. The molecule has 0 aliphatic carbocycles. The molecule has 2 heterocycles. The summed E-state index contributed by atoms with van der Waals surface area (Å²) in [7, 11) is 4.07. The van der Waals surface area contributed by atoms with E-state index < -0.39 is 0 Å². The smallest absolute Gasteiger partial charge is 0.0739 e. The molecular formula is C11H23N3O. The summed E-state index contributed by atoms with van der Waals surface area (Å²) < 4.78 is 5.59. The van der Waals surface area contributed by atoms with Crippen LogP contribution in [0.4, 0.5) is 0 Å². The SMILES string of the molecule is COC1CNCCC1C1CNCCN1C. The molecule has 3 unspecified atom stereocenters. The fraction of sp³-hybridized carbons (Fsp3) is 1.00. The minimum absolute atomic E-state index is 0.381. The van der Waals surface area contributed by atoms with Crippen molar-refractivity contribution in [1.82, 2.24) is 15.5 Å². The molecule has 2 N–H and O–H groups in total. The van der Waals surface area contributed by atoms with Crippen LogP contribution < -0.4 is 10.6 Å².